The molecule has 0 heterocycles. The molecule has 0 fully saturated rings. The summed E-state index contributed by atoms with van der Waals surface area (Å²) in [4.78, 5) is 32.2. The minimum Gasteiger partial charge on any atom is -0.480 e. The zero-order chi connectivity index (χ0) is 14.9. The Morgan fingerprint density at radius 3 is 2.37 bits per heavy atom. The molecule has 0 saturated heterocycles. The number of rotatable bonds is 8. The fourth-order valence-corrected chi connectivity index (χ4v) is 1.41. The second kappa shape index (κ2) is 8.39. The normalized spacial score (nSPS) is 10.8. The van der Waals surface area contributed by atoms with E-state index in [0.717, 1.165) is 0 Å². The van der Waals surface area contributed by atoms with E-state index in [1.807, 2.05) is 5.32 Å². The fraction of sp³-hybridized carbons (Fsp3) is 0.625. The van der Waals surface area contributed by atoms with Crippen molar-refractivity contribution >= 4 is 27.9 Å². The van der Waals surface area contributed by atoms with Crippen molar-refractivity contribution in [3.05, 3.63) is 0 Å². The number of carboxylic acids is 1. The third-order valence-electron chi connectivity index (χ3n) is 1.68. The van der Waals surface area contributed by atoms with Gasteiger partial charge in [0.2, 0.25) is 10.0 Å². The highest BCUT2D eigenvalue weighted by Crippen LogP contribution is 1.80. The fourth-order valence-electron chi connectivity index (χ4n) is 0.839. The number of carboxylic acid groups (broad SMARTS) is 1. The predicted molar refractivity (Wildman–Crippen MR) is 62.8 cm³/mol. The molecule has 0 rings (SSSR count). The second-order valence-corrected chi connectivity index (χ2v) is 5.26. The van der Waals surface area contributed by atoms with Crippen LogP contribution >= 0.6 is 0 Å². The highest BCUT2D eigenvalue weighted by atomic mass is 32.2. The molecule has 110 valence electrons. The Morgan fingerprint density at radius 2 is 1.84 bits per heavy atom. The van der Waals surface area contributed by atoms with E-state index in [-0.39, 0.29) is 12.3 Å². The largest absolute Gasteiger partial charge is 0.480 e. The molecule has 3 amide bonds. The Morgan fingerprint density at radius 1 is 1.21 bits per heavy atom. The van der Waals surface area contributed by atoms with Gasteiger partial charge in [0.15, 0.2) is 0 Å². The van der Waals surface area contributed by atoms with Gasteiger partial charge >= 0.3 is 12.0 Å². The third-order valence-corrected chi connectivity index (χ3v) is 3.04. The summed E-state index contributed by atoms with van der Waals surface area (Å²) in [6.07, 6.45) is 0. The molecule has 19 heavy (non-hydrogen) atoms. The van der Waals surface area contributed by atoms with Gasteiger partial charge in [-0.1, -0.05) is 0 Å². The Kier molecular flexibility index (Phi) is 7.63. The average molecular weight is 297 g/mol. The molecule has 11 heteroatoms. The summed E-state index contributed by atoms with van der Waals surface area (Å²) in [5.41, 5.74) is 0. The molecule has 0 atom stereocenters. The van der Waals surface area contributed by atoms with Gasteiger partial charge in [-0.25, -0.2) is 22.7 Å². The van der Waals surface area contributed by atoms with Crippen LogP contribution in [0.1, 0.15) is 0 Å². The highest BCUT2D eigenvalue weighted by molar-refractivity contribution is 7.89. The number of aliphatic carboxylic acids is 1. The summed E-state index contributed by atoms with van der Waals surface area (Å²) < 4.78 is 28.5. The smallest absolute Gasteiger partial charge is 0.329 e. The molecular weight excluding hydrogens is 282 g/mol. The first kappa shape index (κ1) is 17.3. The van der Waals surface area contributed by atoms with E-state index >= 15 is 0 Å². The van der Waals surface area contributed by atoms with E-state index in [9.17, 15) is 22.8 Å². The van der Waals surface area contributed by atoms with Crippen molar-refractivity contribution in [2.75, 3.05) is 32.6 Å². The molecule has 4 N–H and O–H groups in total. The molecule has 0 bridgehead atoms. The number of ether oxygens (including phenoxy) is 1. The number of carbonyl (C=O) groups excluding carboxylic acids is 2. The number of nitrogens with one attached hydrogen (secondary N) is 3. The van der Waals surface area contributed by atoms with E-state index < -0.39 is 41.1 Å². The van der Waals surface area contributed by atoms with Crippen molar-refractivity contribution in [2.45, 2.75) is 0 Å². The maximum Gasteiger partial charge on any atom is 0.329 e. The zero-order valence-electron chi connectivity index (χ0n) is 10.1. The number of hydrogen-bond acceptors (Lipinski definition) is 6. The zero-order valence-corrected chi connectivity index (χ0v) is 10.9. The van der Waals surface area contributed by atoms with Crippen LogP contribution in [0.2, 0.25) is 0 Å². The van der Waals surface area contributed by atoms with Gasteiger partial charge in [0.05, 0.1) is 5.75 Å². The van der Waals surface area contributed by atoms with Crippen LogP contribution < -0.4 is 15.4 Å². The predicted octanol–water partition coefficient (Wildman–Crippen LogP) is -2.54. The van der Waals surface area contributed by atoms with E-state index in [1.165, 1.54) is 7.05 Å². The summed E-state index contributed by atoms with van der Waals surface area (Å²) in [6, 6.07) is -0.893. The Balaban J connectivity index is 3.80. The number of amides is 3. The Bertz CT molecular complexity index is 434. The number of carbonyl (C=O) groups is 3. The molecular formula is C8H15N3O7S. The second-order valence-electron chi connectivity index (χ2n) is 3.21. The molecule has 10 nitrogen and oxygen atoms in total. The standard InChI is InChI=1S/C8H15N3O7S/c1-9-19(16,17)3-2-10-8(15)11-6(12)4-18-5-7(13)14/h9H,2-5H2,1H3,(H,13,14)(H2,10,11,12,15). The summed E-state index contributed by atoms with van der Waals surface area (Å²) in [7, 11) is -2.20. The van der Waals surface area contributed by atoms with Crippen LogP contribution in [0.3, 0.4) is 0 Å². The van der Waals surface area contributed by atoms with Gasteiger partial charge in [-0.3, -0.25) is 10.1 Å². The SMILES string of the molecule is CNS(=O)(=O)CCNC(=O)NC(=O)COCC(=O)O. The molecule has 0 aromatic carbocycles. The topological polar surface area (TPSA) is 151 Å². The van der Waals surface area contributed by atoms with E-state index in [0.29, 0.717) is 0 Å². The monoisotopic (exact) mass is 297 g/mol. The van der Waals surface area contributed by atoms with Crippen molar-refractivity contribution in [3.63, 3.8) is 0 Å². The van der Waals surface area contributed by atoms with E-state index in [1.54, 1.807) is 0 Å². The van der Waals surface area contributed by atoms with Crippen LogP contribution in [0.5, 0.6) is 0 Å². The lowest BCUT2D eigenvalue weighted by Gasteiger charge is -2.06. The van der Waals surface area contributed by atoms with Gasteiger partial charge in [-0.2, -0.15) is 0 Å². The van der Waals surface area contributed by atoms with Crippen molar-refractivity contribution in [1.82, 2.24) is 15.4 Å². The van der Waals surface area contributed by atoms with Gasteiger partial charge in [0, 0.05) is 6.54 Å². The van der Waals surface area contributed by atoms with Crippen LogP contribution in [0.25, 0.3) is 0 Å². The molecule has 0 aromatic heterocycles. The quantitative estimate of drug-likeness (QED) is 0.385. The van der Waals surface area contributed by atoms with Gasteiger partial charge in [-0.05, 0) is 7.05 Å². The molecule has 0 saturated carbocycles. The van der Waals surface area contributed by atoms with Gasteiger partial charge in [0.1, 0.15) is 13.2 Å². The number of hydrogen-bond donors (Lipinski definition) is 4. The van der Waals surface area contributed by atoms with Crippen LogP contribution in [0, 0.1) is 0 Å². The summed E-state index contributed by atoms with van der Waals surface area (Å²) in [6.45, 7) is -1.43. The van der Waals surface area contributed by atoms with Crippen molar-refractivity contribution in [1.29, 1.82) is 0 Å². The van der Waals surface area contributed by atoms with E-state index in [4.69, 9.17) is 5.11 Å². The molecule has 0 radical (unpaired) electrons. The summed E-state index contributed by atoms with van der Waals surface area (Å²) in [5, 5.41) is 12.2. The van der Waals surface area contributed by atoms with Gasteiger partial charge < -0.3 is 15.2 Å². The maximum absolute atomic E-state index is 11.1. The first-order valence-electron chi connectivity index (χ1n) is 5.05. The Hall–Kier alpha value is -1.72. The Labute approximate surface area is 109 Å². The number of imide groups is 1. The first-order valence-corrected chi connectivity index (χ1v) is 6.70. The van der Waals surface area contributed by atoms with Gasteiger partial charge in [-0.15, -0.1) is 0 Å². The minimum atomic E-state index is -3.43. The average Bonchev–Trinajstić information content (AvgIpc) is 2.28. The van der Waals surface area contributed by atoms with E-state index in [2.05, 4.69) is 14.8 Å². The van der Waals surface area contributed by atoms with Crippen LogP contribution in [0.4, 0.5) is 4.79 Å². The highest BCUT2D eigenvalue weighted by Gasteiger charge is 2.10. The lowest BCUT2D eigenvalue weighted by Crippen LogP contribution is -2.43. The molecule has 0 unspecified atom stereocenters. The van der Waals surface area contributed by atoms with Crippen LogP contribution in [0.15, 0.2) is 0 Å². The lowest BCUT2D eigenvalue weighted by molar-refractivity contribution is -0.143. The summed E-state index contributed by atoms with van der Waals surface area (Å²) in [5.74, 6) is -2.41. The van der Waals surface area contributed by atoms with Crippen LogP contribution in [-0.4, -0.2) is 64.0 Å². The maximum atomic E-state index is 11.1. The third kappa shape index (κ3) is 9.93. The molecule has 0 aliphatic carbocycles. The first-order chi connectivity index (χ1) is 8.76. The number of urea groups is 1. The van der Waals surface area contributed by atoms with Crippen LogP contribution in [-0.2, 0) is 24.3 Å². The number of sulfonamides is 1. The van der Waals surface area contributed by atoms with Crippen molar-refractivity contribution in [3.8, 4) is 0 Å². The van der Waals surface area contributed by atoms with Gasteiger partial charge in [0.25, 0.3) is 5.91 Å². The molecule has 0 aliphatic rings. The molecule has 0 aromatic rings. The lowest BCUT2D eigenvalue weighted by atomic mass is 10.6. The molecule has 0 spiro atoms. The summed E-state index contributed by atoms with van der Waals surface area (Å²) >= 11 is 0. The minimum absolute atomic E-state index is 0.182. The molecule has 0 aliphatic heterocycles. The van der Waals surface area contributed by atoms with Crippen molar-refractivity contribution < 1.29 is 32.6 Å². The van der Waals surface area contributed by atoms with Crippen molar-refractivity contribution in [2.24, 2.45) is 0 Å².